The molecule has 0 spiro atoms. The zero-order valence-corrected chi connectivity index (χ0v) is 9.88. The summed E-state index contributed by atoms with van der Waals surface area (Å²) in [6.45, 7) is 1.80. The normalized spacial score (nSPS) is 14.0. The van der Waals surface area contributed by atoms with Gasteiger partial charge in [-0.3, -0.25) is 0 Å². The van der Waals surface area contributed by atoms with Crippen molar-refractivity contribution in [3.05, 3.63) is 66.2 Å². The van der Waals surface area contributed by atoms with E-state index in [1.165, 1.54) is 0 Å². The first-order chi connectivity index (χ1) is 8.27. The molecule has 17 heavy (non-hydrogen) atoms. The van der Waals surface area contributed by atoms with Crippen LogP contribution in [0.15, 0.2) is 60.7 Å². The van der Waals surface area contributed by atoms with Gasteiger partial charge in [0, 0.05) is 5.69 Å². The lowest BCUT2D eigenvalue weighted by atomic mass is 10.0. The number of rotatable bonds is 4. The molecule has 0 fully saturated rings. The standard InChI is InChI=1S/C15H17NO/c1-12(17)15(13-8-4-2-5-9-13)16-14-10-6-3-7-11-14/h2-12,15-17H,1H3/t12-,15+/m0/s1. The Balaban J connectivity index is 2.20. The Hall–Kier alpha value is -1.80. The van der Waals surface area contributed by atoms with Gasteiger partial charge in [-0.05, 0) is 24.6 Å². The van der Waals surface area contributed by atoms with Crippen molar-refractivity contribution in [1.29, 1.82) is 0 Å². The van der Waals surface area contributed by atoms with Crippen LogP contribution in [0.25, 0.3) is 0 Å². The molecule has 0 bridgehead atoms. The van der Waals surface area contributed by atoms with E-state index >= 15 is 0 Å². The highest BCUT2D eigenvalue weighted by molar-refractivity contribution is 5.45. The first-order valence-corrected chi connectivity index (χ1v) is 5.82. The monoisotopic (exact) mass is 227 g/mol. The molecule has 0 heterocycles. The maximum absolute atomic E-state index is 9.86. The number of nitrogens with one attached hydrogen (secondary N) is 1. The molecular formula is C15H17NO. The number of para-hydroxylation sites is 1. The molecule has 2 aromatic carbocycles. The van der Waals surface area contributed by atoms with Crippen LogP contribution in [0.1, 0.15) is 18.5 Å². The van der Waals surface area contributed by atoms with Crippen LogP contribution in [-0.4, -0.2) is 11.2 Å². The molecule has 0 aliphatic carbocycles. The number of hydrogen-bond donors (Lipinski definition) is 2. The van der Waals surface area contributed by atoms with Crippen LogP contribution >= 0.6 is 0 Å². The Morgan fingerprint density at radius 1 is 0.882 bits per heavy atom. The molecule has 0 aliphatic heterocycles. The molecule has 0 saturated carbocycles. The molecule has 0 amide bonds. The van der Waals surface area contributed by atoms with Crippen molar-refractivity contribution in [2.24, 2.45) is 0 Å². The summed E-state index contributed by atoms with van der Waals surface area (Å²) in [6.07, 6.45) is -0.447. The van der Waals surface area contributed by atoms with E-state index in [4.69, 9.17) is 0 Å². The van der Waals surface area contributed by atoms with Gasteiger partial charge in [0.1, 0.15) is 0 Å². The van der Waals surface area contributed by atoms with Crippen LogP contribution in [0.2, 0.25) is 0 Å². The van der Waals surface area contributed by atoms with Gasteiger partial charge in [0.15, 0.2) is 0 Å². The lowest BCUT2D eigenvalue weighted by Crippen LogP contribution is -2.22. The summed E-state index contributed by atoms with van der Waals surface area (Å²) < 4.78 is 0. The van der Waals surface area contributed by atoms with E-state index in [0.717, 1.165) is 11.3 Å². The van der Waals surface area contributed by atoms with Crippen molar-refractivity contribution in [3.8, 4) is 0 Å². The molecule has 2 heteroatoms. The van der Waals surface area contributed by atoms with Crippen molar-refractivity contribution in [1.82, 2.24) is 0 Å². The summed E-state index contributed by atoms with van der Waals surface area (Å²) in [6, 6.07) is 19.8. The second kappa shape index (κ2) is 5.51. The highest BCUT2D eigenvalue weighted by atomic mass is 16.3. The van der Waals surface area contributed by atoms with Crippen molar-refractivity contribution in [3.63, 3.8) is 0 Å². The van der Waals surface area contributed by atoms with Gasteiger partial charge >= 0.3 is 0 Å². The van der Waals surface area contributed by atoms with E-state index in [1.807, 2.05) is 60.7 Å². The van der Waals surface area contributed by atoms with Gasteiger partial charge in [-0.15, -0.1) is 0 Å². The first-order valence-electron chi connectivity index (χ1n) is 5.82. The summed E-state index contributed by atoms with van der Waals surface area (Å²) in [5.74, 6) is 0. The molecule has 2 atom stereocenters. The molecule has 0 saturated heterocycles. The predicted octanol–water partition coefficient (Wildman–Crippen LogP) is 3.22. The van der Waals surface area contributed by atoms with Gasteiger partial charge in [0.2, 0.25) is 0 Å². The number of aliphatic hydroxyl groups excluding tert-OH is 1. The zero-order valence-electron chi connectivity index (χ0n) is 9.88. The zero-order chi connectivity index (χ0) is 12.1. The van der Waals surface area contributed by atoms with Crippen LogP contribution in [0.5, 0.6) is 0 Å². The predicted molar refractivity (Wildman–Crippen MR) is 70.9 cm³/mol. The Morgan fingerprint density at radius 2 is 1.41 bits per heavy atom. The van der Waals surface area contributed by atoms with Crippen LogP contribution < -0.4 is 5.32 Å². The summed E-state index contributed by atoms with van der Waals surface area (Å²) in [4.78, 5) is 0. The molecule has 0 unspecified atom stereocenters. The van der Waals surface area contributed by atoms with Crippen LogP contribution in [-0.2, 0) is 0 Å². The fourth-order valence-corrected chi connectivity index (χ4v) is 1.86. The fraction of sp³-hybridized carbons (Fsp3) is 0.200. The smallest absolute Gasteiger partial charge is 0.0770 e. The number of benzene rings is 2. The van der Waals surface area contributed by atoms with Crippen LogP contribution in [0, 0.1) is 0 Å². The van der Waals surface area contributed by atoms with E-state index in [9.17, 15) is 5.11 Å². The van der Waals surface area contributed by atoms with E-state index < -0.39 is 6.10 Å². The van der Waals surface area contributed by atoms with E-state index in [0.29, 0.717) is 0 Å². The molecule has 2 nitrogen and oxygen atoms in total. The maximum Gasteiger partial charge on any atom is 0.0770 e. The molecule has 88 valence electrons. The Labute approximate surface area is 102 Å². The van der Waals surface area contributed by atoms with Crippen LogP contribution in [0.4, 0.5) is 5.69 Å². The Morgan fingerprint density at radius 3 is 1.94 bits per heavy atom. The molecule has 0 aromatic heterocycles. The van der Waals surface area contributed by atoms with Gasteiger partial charge in [-0.25, -0.2) is 0 Å². The second-order valence-corrected chi connectivity index (χ2v) is 4.14. The molecule has 2 rings (SSSR count). The number of anilines is 1. The topological polar surface area (TPSA) is 32.3 Å². The van der Waals surface area contributed by atoms with Gasteiger partial charge in [0.05, 0.1) is 12.1 Å². The van der Waals surface area contributed by atoms with Crippen molar-refractivity contribution < 1.29 is 5.11 Å². The van der Waals surface area contributed by atoms with E-state index in [2.05, 4.69) is 5.32 Å². The fourth-order valence-electron chi connectivity index (χ4n) is 1.86. The minimum atomic E-state index is -0.447. The highest BCUT2D eigenvalue weighted by Gasteiger charge is 2.16. The van der Waals surface area contributed by atoms with Crippen molar-refractivity contribution in [2.75, 3.05) is 5.32 Å². The summed E-state index contributed by atoms with van der Waals surface area (Å²) in [5, 5.41) is 13.2. The minimum Gasteiger partial charge on any atom is -0.391 e. The molecule has 0 radical (unpaired) electrons. The largest absolute Gasteiger partial charge is 0.391 e. The van der Waals surface area contributed by atoms with Gasteiger partial charge in [-0.1, -0.05) is 48.5 Å². The number of aliphatic hydroxyl groups is 1. The SMILES string of the molecule is C[C@H](O)[C@@H](Nc1ccccc1)c1ccccc1. The lowest BCUT2D eigenvalue weighted by Gasteiger charge is -2.23. The average Bonchev–Trinajstić information content (AvgIpc) is 2.38. The summed E-state index contributed by atoms with van der Waals surface area (Å²) in [5.41, 5.74) is 2.11. The molecule has 2 N–H and O–H groups in total. The average molecular weight is 227 g/mol. The summed E-state index contributed by atoms with van der Waals surface area (Å²) >= 11 is 0. The third-order valence-electron chi connectivity index (χ3n) is 2.74. The van der Waals surface area contributed by atoms with Gasteiger partial charge in [-0.2, -0.15) is 0 Å². The molecule has 2 aromatic rings. The third-order valence-corrected chi connectivity index (χ3v) is 2.74. The Bertz CT molecular complexity index is 439. The lowest BCUT2D eigenvalue weighted by molar-refractivity contribution is 0.172. The molecule has 0 aliphatic rings. The van der Waals surface area contributed by atoms with Gasteiger partial charge < -0.3 is 10.4 Å². The van der Waals surface area contributed by atoms with Gasteiger partial charge in [0.25, 0.3) is 0 Å². The third kappa shape index (κ3) is 3.08. The quantitative estimate of drug-likeness (QED) is 0.840. The Kier molecular flexibility index (Phi) is 3.78. The number of hydrogen-bond acceptors (Lipinski definition) is 2. The summed E-state index contributed by atoms with van der Waals surface area (Å²) in [7, 11) is 0. The second-order valence-electron chi connectivity index (χ2n) is 4.14. The van der Waals surface area contributed by atoms with Crippen molar-refractivity contribution in [2.45, 2.75) is 19.1 Å². The van der Waals surface area contributed by atoms with Crippen molar-refractivity contribution >= 4 is 5.69 Å². The van der Waals surface area contributed by atoms with Crippen LogP contribution in [0.3, 0.4) is 0 Å². The highest BCUT2D eigenvalue weighted by Crippen LogP contribution is 2.22. The van der Waals surface area contributed by atoms with E-state index in [1.54, 1.807) is 6.92 Å². The molecular weight excluding hydrogens is 210 g/mol. The first kappa shape index (κ1) is 11.7. The van der Waals surface area contributed by atoms with E-state index in [-0.39, 0.29) is 6.04 Å². The maximum atomic E-state index is 9.86. The minimum absolute atomic E-state index is 0.0846.